The van der Waals surface area contributed by atoms with E-state index in [1.807, 2.05) is 12.1 Å². The van der Waals surface area contributed by atoms with E-state index in [2.05, 4.69) is 29.0 Å². The molecule has 19 heavy (non-hydrogen) atoms. The highest BCUT2D eigenvalue weighted by atomic mass is 16.5. The van der Waals surface area contributed by atoms with Gasteiger partial charge in [-0.05, 0) is 24.5 Å². The van der Waals surface area contributed by atoms with Crippen molar-refractivity contribution in [1.82, 2.24) is 15.1 Å². The van der Waals surface area contributed by atoms with Crippen LogP contribution in [0.2, 0.25) is 0 Å². The summed E-state index contributed by atoms with van der Waals surface area (Å²) in [6.07, 6.45) is 5.27. The molecule has 0 aliphatic heterocycles. The molecule has 0 bridgehead atoms. The second kappa shape index (κ2) is 6.43. The lowest BCUT2D eigenvalue weighted by molar-refractivity contribution is 0.366. The minimum atomic E-state index is 0.0766. The van der Waals surface area contributed by atoms with Crippen LogP contribution in [0.25, 0.3) is 11.5 Å². The van der Waals surface area contributed by atoms with Crippen LogP contribution in [0.1, 0.15) is 38.1 Å². The van der Waals surface area contributed by atoms with Crippen LogP contribution in [-0.4, -0.2) is 21.2 Å². The first-order valence-electron chi connectivity index (χ1n) is 6.77. The average Bonchev–Trinajstić information content (AvgIpc) is 2.87. The molecule has 102 valence electrons. The maximum atomic E-state index is 5.98. The predicted molar refractivity (Wildman–Crippen MR) is 73.5 cm³/mol. The first-order valence-corrected chi connectivity index (χ1v) is 6.77. The molecule has 0 fully saturated rings. The van der Waals surface area contributed by atoms with Gasteiger partial charge in [0.1, 0.15) is 5.69 Å². The molecule has 2 aromatic heterocycles. The quantitative estimate of drug-likeness (QED) is 0.862. The molecule has 0 radical (unpaired) electrons. The van der Waals surface area contributed by atoms with E-state index in [0.717, 1.165) is 30.5 Å². The lowest BCUT2D eigenvalue weighted by Crippen LogP contribution is -2.22. The van der Waals surface area contributed by atoms with Gasteiger partial charge in [0, 0.05) is 18.7 Å². The highest BCUT2D eigenvalue weighted by Crippen LogP contribution is 2.18. The smallest absolute Gasteiger partial charge is 0.228 e. The Morgan fingerprint density at radius 1 is 1.37 bits per heavy atom. The molecule has 0 aliphatic carbocycles. The Morgan fingerprint density at radius 2 is 2.21 bits per heavy atom. The Balaban J connectivity index is 2.16. The van der Waals surface area contributed by atoms with Gasteiger partial charge in [-0.1, -0.05) is 31.5 Å². The summed E-state index contributed by atoms with van der Waals surface area (Å²) >= 11 is 0. The molecule has 0 amide bonds. The van der Waals surface area contributed by atoms with Gasteiger partial charge in [-0.2, -0.15) is 4.98 Å². The van der Waals surface area contributed by atoms with Gasteiger partial charge in [0.15, 0.2) is 0 Å². The second-order valence-electron chi connectivity index (χ2n) is 4.63. The Kier molecular flexibility index (Phi) is 4.63. The third-order valence-corrected chi connectivity index (χ3v) is 3.05. The minimum Gasteiger partial charge on any atom is -0.339 e. The van der Waals surface area contributed by atoms with Crippen molar-refractivity contribution >= 4 is 0 Å². The summed E-state index contributed by atoms with van der Waals surface area (Å²) in [6.45, 7) is 4.19. The SMILES string of the molecule is CCCC(N)Cc1nc(-c2ncccc2CC)no1. The monoisotopic (exact) mass is 260 g/mol. The van der Waals surface area contributed by atoms with E-state index in [1.54, 1.807) is 6.20 Å². The molecule has 2 heterocycles. The van der Waals surface area contributed by atoms with Crippen molar-refractivity contribution in [3.8, 4) is 11.5 Å². The number of rotatable bonds is 6. The number of nitrogens with two attached hydrogens (primary N) is 1. The van der Waals surface area contributed by atoms with Gasteiger partial charge in [-0.25, -0.2) is 0 Å². The lowest BCUT2D eigenvalue weighted by Gasteiger charge is -2.05. The predicted octanol–water partition coefficient (Wildman–Crippen LogP) is 2.36. The van der Waals surface area contributed by atoms with Crippen LogP contribution < -0.4 is 5.73 Å². The van der Waals surface area contributed by atoms with E-state index in [0.29, 0.717) is 18.1 Å². The molecule has 1 atom stereocenters. The third-order valence-electron chi connectivity index (χ3n) is 3.05. The summed E-state index contributed by atoms with van der Waals surface area (Å²) in [6, 6.07) is 4.02. The van der Waals surface area contributed by atoms with Crippen molar-refractivity contribution in [3.05, 3.63) is 29.8 Å². The fourth-order valence-corrected chi connectivity index (χ4v) is 2.06. The van der Waals surface area contributed by atoms with Crippen molar-refractivity contribution in [1.29, 1.82) is 0 Å². The average molecular weight is 260 g/mol. The number of pyridine rings is 1. The molecular formula is C14H20N4O. The molecule has 2 rings (SSSR count). The normalized spacial score (nSPS) is 12.6. The van der Waals surface area contributed by atoms with Crippen LogP contribution in [0.5, 0.6) is 0 Å². The molecule has 0 saturated carbocycles. The standard InChI is InChI=1S/C14H20N4O/c1-3-6-11(15)9-12-17-14(18-19-12)13-10(4-2)7-5-8-16-13/h5,7-8,11H,3-4,6,9,15H2,1-2H3. The second-order valence-corrected chi connectivity index (χ2v) is 4.63. The van der Waals surface area contributed by atoms with E-state index in [9.17, 15) is 0 Å². The minimum absolute atomic E-state index is 0.0766. The van der Waals surface area contributed by atoms with Gasteiger partial charge in [-0.3, -0.25) is 4.98 Å². The summed E-state index contributed by atoms with van der Waals surface area (Å²) in [4.78, 5) is 8.72. The molecular weight excluding hydrogens is 240 g/mol. The van der Waals surface area contributed by atoms with Crippen molar-refractivity contribution in [3.63, 3.8) is 0 Å². The Morgan fingerprint density at radius 3 is 2.95 bits per heavy atom. The lowest BCUT2D eigenvalue weighted by atomic mass is 10.1. The first kappa shape index (κ1) is 13.7. The Labute approximate surface area is 113 Å². The zero-order chi connectivity index (χ0) is 13.7. The first-order chi connectivity index (χ1) is 9.24. The van der Waals surface area contributed by atoms with E-state index < -0.39 is 0 Å². The number of hydrogen-bond acceptors (Lipinski definition) is 5. The van der Waals surface area contributed by atoms with E-state index >= 15 is 0 Å². The van der Waals surface area contributed by atoms with Crippen LogP contribution >= 0.6 is 0 Å². The van der Waals surface area contributed by atoms with Gasteiger partial charge in [0.25, 0.3) is 0 Å². The number of nitrogens with zero attached hydrogens (tertiary/aromatic N) is 3. The summed E-state index contributed by atoms with van der Waals surface area (Å²) < 4.78 is 5.25. The molecule has 0 aliphatic rings. The largest absolute Gasteiger partial charge is 0.339 e. The number of hydrogen-bond donors (Lipinski definition) is 1. The molecule has 1 unspecified atom stereocenters. The van der Waals surface area contributed by atoms with Crippen molar-refractivity contribution < 1.29 is 4.52 Å². The van der Waals surface area contributed by atoms with Crippen molar-refractivity contribution in [2.75, 3.05) is 0 Å². The molecule has 2 N–H and O–H groups in total. The summed E-state index contributed by atoms with van der Waals surface area (Å²) in [5.41, 5.74) is 7.89. The van der Waals surface area contributed by atoms with Crippen molar-refractivity contribution in [2.45, 2.75) is 45.6 Å². The zero-order valence-corrected chi connectivity index (χ0v) is 11.5. The highest BCUT2D eigenvalue weighted by molar-refractivity contribution is 5.53. The topological polar surface area (TPSA) is 77.8 Å². The third kappa shape index (κ3) is 3.38. The van der Waals surface area contributed by atoms with Crippen LogP contribution in [0.15, 0.2) is 22.9 Å². The molecule has 0 saturated heterocycles. The van der Waals surface area contributed by atoms with Gasteiger partial charge in [0.05, 0.1) is 0 Å². The van der Waals surface area contributed by atoms with Crippen LogP contribution in [0.3, 0.4) is 0 Å². The Hall–Kier alpha value is -1.75. The maximum Gasteiger partial charge on any atom is 0.228 e. The molecule has 5 heteroatoms. The molecule has 5 nitrogen and oxygen atoms in total. The molecule has 2 aromatic rings. The fourth-order valence-electron chi connectivity index (χ4n) is 2.06. The molecule has 0 spiro atoms. The van der Waals surface area contributed by atoms with Crippen LogP contribution in [0, 0.1) is 0 Å². The van der Waals surface area contributed by atoms with Crippen LogP contribution in [-0.2, 0) is 12.8 Å². The summed E-state index contributed by atoms with van der Waals surface area (Å²) in [5.74, 6) is 1.14. The van der Waals surface area contributed by atoms with Gasteiger partial charge >= 0.3 is 0 Å². The van der Waals surface area contributed by atoms with Gasteiger partial charge in [-0.15, -0.1) is 0 Å². The van der Waals surface area contributed by atoms with Crippen LogP contribution in [0.4, 0.5) is 0 Å². The Bertz CT molecular complexity index is 524. The van der Waals surface area contributed by atoms with Gasteiger partial charge < -0.3 is 10.3 Å². The molecule has 0 aromatic carbocycles. The number of aromatic nitrogens is 3. The highest BCUT2D eigenvalue weighted by Gasteiger charge is 2.14. The summed E-state index contributed by atoms with van der Waals surface area (Å²) in [5, 5.41) is 4.00. The van der Waals surface area contributed by atoms with E-state index in [4.69, 9.17) is 10.3 Å². The zero-order valence-electron chi connectivity index (χ0n) is 11.5. The van der Waals surface area contributed by atoms with E-state index in [1.165, 1.54) is 0 Å². The summed E-state index contributed by atoms with van der Waals surface area (Å²) in [7, 11) is 0. The number of aryl methyl sites for hydroxylation is 1. The maximum absolute atomic E-state index is 5.98. The van der Waals surface area contributed by atoms with Crippen molar-refractivity contribution in [2.24, 2.45) is 5.73 Å². The fraction of sp³-hybridized carbons (Fsp3) is 0.500. The van der Waals surface area contributed by atoms with E-state index in [-0.39, 0.29) is 6.04 Å². The van der Waals surface area contributed by atoms with Gasteiger partial charge in [0.2, 0.25) is 11.7 Å².